The van der Waals surface area contributed by atoms with Gasteiger partial charge in [-0.2, -0.15) is 0 Å². The van der Waals surface area contributed by atoms with Crippen molar-refractivity contribution in [3.05, 3.63) is 12.2 Å². The monoisotopic (exact) mass is 252 g/mol. The van der Waals surface area contributed by atoms with E-state index in [-0.39, 0.29) is 12.1 Å². The molecule has 0 amide bonds. The smallest absolute Gasteiger partial charge is 0.306 e. The molecule has 0 unspecified atom stereocenters. The van der Waals surface area contributed by atoms with E-state index in [1.54, 1.807) is 0 Å². The summed E-state index contributed by atoms with van der Waals surface area (Å²) in [6.45, 7) is 3.99. The van der Waals surface area contributed by atoms with Crippen LogP contribution in [0, 0.1) is 5.92 Å². The lowest BCUT2D eigenvalue weighted by atomic mass is 9.91. The van der Waals surface area contributed by atoms with E-state index < -0.39 is 0 Å². The zero-order chi connectivity index (χ0) is 13.2. The molecule has 0 aromatic rings. The molecule has 1 aliphatic carbocycles. The second-order valence-corrected chi connectivity index (χ2v) is 5.43. The largest absolute Gasteiger partial charge is 0.463 e. The Hall–Kier alpha value is -0.790. The Kier molecular flexibility index (Phi) is 7.79. The summed E-state index contributed by atoms with van der Waals surface area (Å²) in [5.74, 6) is 0.771. The van der Waals surface area contributed by atoms with E-state index >= 15 is 0 Å². The fourth-order valence-corrected chi connectivity index (χ4v) is 2.34. The number of hydrogen-bond donors (Lipinski definition) is 0. The van der Waals surface area contributed by atoms with Crippen molar-refractivity contribution in [2.75, 3.05) is 0 Å². The Labute approximate surface area is 112 Å². The number of rotatable bonds is 8. The second-order valence-electron chi connectivity index (χ2n) is 5.43. The number of hydrogen-bond acceptors (Lipinski definition) is 2. The highest BCUT2D eigenvalue weighted by molar-refractivity contribution is 5.69. The standard InChI is InChI=1S/C16H28O2/c1-3-14(2)18-16(17)13-9-5-8-12-15-10-6-4-7-11-15/h6,10,14-15H,3-5,7-9,11-13H2,1-2H3/t14-,15+/m1/s1. The van der Waals surface area contributed by atoms with Gasteiger partial charge < -0.3 is 4.74 Å². The summed E-state index contributed by atoms with van der Waals surface area (Å²) < 4.78 is 5.25. The first-order valence-corrected chi connectivity index (χ1v) is 7.58. The van der Waals surface area contributed by atoms with Crippen molar-refractivity contribution < 1.29 is 9.53 Å². The maximum absolute atomic E-state index is 11.4. The van der Waals surface area contributed by atoms with Gasteiger partial charge in [-0.3, -0.25) is 4.79 Å². The van der Waals surface area contributed by atoms with Gasteiger partial charge in [-0.25, -0.2) is 0 Å². The van der Waals surface area contributed by atoms with E-state index in [0.29, 0.717) is 6.42 Å². The fourth-order valence-electron chi connectivity index (χ4n) is 2.34. The first-order valence-electron chi connectivity index (χ1n) is 7.58. The van der Waals surface area contributed by atoms with Gasteiger partial charge in [0.05, 0.1) is 6.10 Å². The third-order valence-electron chi connectivity index (χ3n) is 3.72. The summed E-state index contributed by atoms with van der Waals surface area (Å²) in [7, 11) is 0. The van der Waals surface area contributed by atoms with Crippen LogP contribution in [0.4, 0.5) is 0 Å². The highest BCUT2D eigenvalue weighted by Crippen LogP contribution is 2.22. The van der Waals surface area contributed by atoms with Crippen LogP contribution in [-0.4, -0.2) is 12.1 Å². The summed E-state index contributed by atoms with van der Waals surface area (Å²) in [6, 6.07) is 0. The quantitative estimate of drug-likeness (QED) is 0.357. The Morgan fingerprint density at radius 3 is 2.89 bits per heavy atom. The van der Waals surface area contributed by atoms with Gasteiger partial charge in [-0.1, -0.05) is 31.9 Å². The van der Waals surface area contributed by atoms with Crippen LogP contribution in [-0.2, 0) is 9.53 Å². The highest BCUT2D eigenvalue weighted by Gasteiger charge is 2.09. The van der Waals surface area contributed by atoms with Crippen molar-refractivity contribution in [2.24, 2.45) is 5.92 Å². The number of allylic oxidation sites excluding steroid dienone is 2. The van der Waals surface area contributed by atoms with Crippen molar-refractivity contribution in [1.29, 1.82) is 0 Å². The molecule has 0 aromatic carbocycles. The number of ether oxygens (including phenoxy) is 1. The average molecular weight is 252 g/mol. The second kappa shape index (κ2) is 9.18. The number of unbranched alkanes of at least 4 members (excludes halogenated alkanes) is 2. The predicted molar refractivity (Wildman–Crippen MR) is 75.4 cm³/mol. The Morgan fingerprint density at radius 2 is 2.22 bits per heavy atom. The van der Waals surface area contributed by atoms with Crippen LogP contribution in [0.25, 0.3) is 0 Å². The van der Waals surface area contributed by atoms with Crippen LogP contribution in [0.15, 0.2) is 12.2 Å². The van der Waals surface area contributed by atoms with E-state index in [1.807, 2.05) is 13.8 Å². The molecule has 0 saturated carbocycles. The molecule has 0 fully saturated rings. The third kappa shape index (κ3) is 6.83. The number of esters is 1. The van der Waals surface area contributed by atoms with Gasteiger partial charge in [0.1, 0.15) is 0 Å². The first kappa shape index (κ1) is 15.3. The van der Waals surface area contributed by atoms with Crippen LogP contribution in [0.5, 0.6) is 0 Å². The van der Waals surface area contributed by atoms with E-state index in [9.17, 15) is 4.79 Å². The lowest BCUT2D eigenvalue weighted by molar-refractivity contribution is -0.148. The van der Waals surface area contributed by atoms with Crippen molar-refractivity contribution in [3.8, 4) is 0 Å². The lowest BCUT2D eigenvalue weighted by Gasteiger charge is -2.15. The minimum Gasteiger partial charge on any atom is -0.463 e. The van der Waals surface area contributed by atoms with E-state index in [4.69, 9.17) is 4.74 Å². The molecule has 2 nitrogen and oxygen atoms in total. The Balaban J connectivity index is 1.96. The predicted octanol–water partition coefficient (Wildman–Crippen LogP) is 4.63. The third-order valence-corrected chi connectivity index (χ3v) is 3.72. The van der Waals surface area contributed by atoms with Gasteiger partial charge in [0, 0.05) is 6.42 Å². The Morgan fingerprint density at radius 1 is 1.39 bits per heavy atom. The molecule has 0 radical (unpaired) electrons. The zero-order valence-electron chi connectivity index (χ0n) is 12.0. The molecule has 0 spiro atoms. The van der Waals surface area contributed by atoms with E-state index in [0.717, 1.165) is 25.2 Å². The molecule has 1 aliphatic rings. The molecule has 0 saturated heterocycles. The maximum Gasteiger partial charge on any atom is 0.306 e. The number of carbonyl (C=O) groups excluding carboxylic acids is 1. The molecule has 0 aliphatic heterocycles. The van der Waals surface area contributed by atoms with Crippen LogP contribution in [0.3, 0.4) is 0 Å². The summed E-state index contributed by atoms with van der Waals surface area (Å²) in [4.78, 5) is 11.4. The van der Waals surface area contributed by atoms with Crippen molar-refractivity contribution in [2.45, 2.75) is 77.7 Å². The summed E-state index contributed by atoms with van der Waals surface area (Å²) in [6.07, 6.45) is 14.9. The van der Waals surface area contributed by atoms with Crippen molar-refractivity contribution in [3.63, 3.8) is 0 Å². The molecule has 104 valence electrons. The molecule has 0 heterocycles. The summed E-state index contributed by atoms with van der Waals surface area (Å²) in [5, 5.41) is 0. The Bertz CT molecular complexity index is 258. The molecular weight excluding hydrogens is 224 g/mol. The molecule has 2 atom stereocenters. The maximum atomic E-state index is 11.4. The zero-order valence-corrected chi connectivity index (χ0v) is 12.0. The van der Waals surface area contributed by atoms with E-state index in [1.165, 1.54) is 32.1 Å². The van der Waals surface area contributed by atoms with Gasteiger partial charge in [-0.15, -0.1) is 0 Å². The summed E-state index contributed by atoms with van der Waals surface area (Å²) >= 11 is 0. The molecule has 2 heteroatoms. The van der Waals surface area contributed by atoms with Crippen molar-refractivity contribution >= 4 is 5.97 Å². The first-order chi connectivity index (χ1) is 8.72. The minimum atomic E-state index is -0.0260. The molecule has 18 heavy (non-hydrogen) atoms. The topological polar surface area (TPSA) is 26.3 Å². The lowest BCUT2D eigenvalue weighted by Crippen LogP contribution is -2.13. The summed E-state index contributed by atoms with van der Waals surface area (Å²) in [5.41, 5.74) is 0. The van der Waals surface area contributed by atoms with Crippen molar-refractivity contribution in [1.82, 2.24) is 0 Å². The average Bonchev–Trinajstić information content (AvgIpc) is 2.39. The minimum absolute atomic E-state index is 0.0260. The molecule has 0 bridgehead atoms. The SMILES string of the molecule is CC[C@@H](C)OC(=O)CCCCC[C@H]1C=CCCC1. The highest BCUT2D eigenvalue weighted by atomic mass is 16.5. The van der Waals surface area contributed by atoms with Crippen LogP contribution in [0.2, 0.25) is 0 Å². The number of carbonyl (C=O) groups is 1. The van der Waals surface area contributed by atoms with E-state index in [2.05, 4.69) is 12.2 Å². The molecular formula is C16H28O2. The van der Waals surface area contributed by atoms with Gasteiger partial charge >= 0.3 is 5.97 Å². The fraction of sp³-hybridized carbons (Fsp3) is 0.812. The molecule has 0 N–H and O–H groups in total. The molecule has 0 aromatic heterocycles. The van der Waals surface area contributed by atoms with Crippen LogP contribution < -0.4 is 0 Å². The normalized spacial score (nSPS) is 20.7. The van der Waals surface area contributed by atoms with Crippen LogP contribution >= 0.6 is 0 Å². The van der Waals surface area contributed by atoms with Gasteiger partial charge in [-0.05, 0) is 51.4 Å². The van der Waals surface area contributed by atoms with Gasteiger partial charge in [0.25, 0.3) is 0 Å². The molecule has 1 rings (SSSR count). The van der Waals surface area contributed by atoms with Crippen LogP contribution in [0.1, 0.15) is 71.6 Å². The van der Waals surface area contributed by atoms with Gasteiger partial charge in [0.2, 0.25) is 0 Å². The van der Waals surface area contributed by atoms with Gasteiger partial charge in [0.15, 0.2) is 0 Å².